The SMILES string of the molecule is C=CCO[C@@]12Oc3ccc(Oc4ccc(SC)cc4)cc3[C@H]3[C@H](CCCCO)[C@@H](CCCCO)C=C(C(=NOCc4ccccc4)C[C@@H]1N(Cc1ccc4c(c1)OCO4)C(=O)OCCOCc1ccccc1)[C@H]32. The second-order valence-corrected chi connectivity index (χ2v) is 19.7. The van der Waals surface area contributed by atoms with Crippen LogP contribution in [0.4, 0.5) is 4.79 Å². The molecule has 0 aromatic heterocycles. The molecule has 5 aromatic carbocycles. The van der Waals surface area contributed by atoms with E-state index in [-0.39, 0.29) is 77.2 Å². The smallest absolute Gasteiger partial charge is 0.410 e. The third-order valence-corrected chi connectivity index (χ3v) is 14.9. The van der Waals surface area contributed by atoms with Crippen LogP contribution in [0.25, 0.3) is 0 Å². The summed E-state index contributed by atoms with van der Waals surface area (Å²) < 4.78 is 45.1. The fraction of sp³-hybridized carbons (Fsp3) is 0.390. The van der Waals surface area contributed by atoms with E-state index in [9.17, 15) is 10.2 Å². The molecule has 0 saturated heterocycles. The number of thioether (sulfide) groups is 1. The number of aliphatic hydroxyl groups excluding tert-OH is 2. The highest BCUT2D eigenvalue weighted by atomic mass is 32.2. The Morgan fingerprint density at radius 3 is 2.26 bits per heavy atom. The van der Waals surface area contributed by atoms with Gasteiger partial charge in [0.2, 0.25) is 12.6 Å². The molecule has 5 aromatic rings. The van der Waals surface area contributed by atoms with Gasteiger partial charge in [0.15, 0.2) is 11.5 Å². The molecule has 1 fully saturated rings. The van der Waals surface area contributed by atoms with Crippen molar-refractivity contribution in [1.82, 2.24) is 4.90 Å². The number of unbranched alkanes of at least 4 members (excludes halogenated alkanes) is 2. The molecule has 2 N–H and O–H groups in total. The lowest BCUT2D eigenvalue weighted by Gasteiger charge is -2.59. The second kappa shape index (κ2) is 25.1. The monoisotopic (exact) mass is 1010 g/mol. The van der Waals surface area contributed by atoms with Gasteiger partial charge in [0.05, 0.1) is 31.5 Å². The summed E-state index contributed by atoms with van der Waals surface area (Å²) in [5.74, 6) is 0.843. The van der Waals surface area contributed by atoms with Crippen molar-refractivity contribution in [2.45, 2.75) is 87.3 Å². The average Bonchev–Trinajstić information content (AvgIpc) is 3.90. The van der Waals surface area contributed by atoms with Gasteiger partial charge in [-0.1, -0.05) is 96.9 Å². The quantitative estimate of drug-likeness (QED) is 0.0248. The lowest BCUT2D eigenvalue weighted by Crippen LogP contribution is -2.70. The fourth-order valence-corrected chi connectivity index (χ4v) is 11.2. The van der Waals surface area contributed by atoms with Crippen LogP contribution >= 0.6 is 11.8 Å². The summed E-state index contributed by atoms with van der Waals surface area (Å²) in [7, 11) is 0. The number of fused-ring (bicyclic) bond motifs is 3. The standard InChI is InChI=1S/C59H66N2O11S/c1-3-30-69-59-55(61(37-43-20-26-53-54(33-43)68-40-67-53)58(64)66-32-31-65-38-41-14-6-4-7-15-41)36-51(60-70-39-42-16-8-5-9-17-42)49-34-44(18-10-12-28-62)48(19-11-13-29-63)56(57(49)59)50-35-46(23-27-52(50)72-59)71-45-21-24-47(73-2)25-22-45/h3-9,14-17,20-27,33-35,44,48,55-57,62-63H,1,10-13,18-19,28-32,36-40H2,2H3/t44-,48+,55-,56+,57+,59+/m0/s1. The molecule has 0 spiro atoms. The van der Waals surface area contributed by atoms with Crippen molar-refractivity contribution in [3.8, 4) is 28.7 Å². The molecular formula is C59H66N2O11S. The Kier molecular flexibility index (Phi) is 17.7. The van der Waals surface area contributed by atoms with Crippen molar-refractivity contribution in [3.05, 3.63) is 168 Å². The molecule has 73 heavy (non-hydrogen) atoms. The van der Waals surface area contributed by atoms with E-state index in [1.807, 2.05) is 122 Å². The van der Waals surface area contributed by atoms with Crippen molar-refractivity contribution >= 4 is 23.6 Å². The van der Waals surface area contributed by atoms with Gasteiger partial charge in [-0.05, 0) is 121 Å². The predicted molar refractivity (Wildman–Crippen MR) is 280 cm³/mol. The molecule has 1 saturated carbocycles. The maximum Gasteiger partial charge on any atom is 0.410 e. The number of hydrogen-bond acceptors (Lipinski definition) is 13. The van der Waals surface area contributed by atoms with E-state index in [1.165, 1.54) is 0 Å². The van der Waals surface area contributed by atoms with Gasteiger partial charge in [-0.3, -0.25) is 4.90 Å². The van der Waals surface area contributed by atoms with Gasteiger partial charge >= 0.3 is 6.09 Å². The summed E-state index contributed by atoms with van der Waals surface area (Å²) in [6.07, 6.45) is 10.1. The Morgan fingerprint density at radius 2 is 1.52 bits per heavy atom. The highest BCUT2D eigenvalue weighted by Crippen LogP contribution is 2.62. The minimum absolute atomic E-state index is 0.00530. The number of ether oxygens (including phenoxy) is 7. The zero-order valence-electron chi connectivity index (χ0n) is 41.5. The maximum absolute atomic E-state index is 15.2. The summed E-state index contributed by atoms with van der Waals surface area (Å²) >= 11 is 1.67. The first-order valence-electron chi connectivity index (χ1n) is 25.4. The van der Waals surface area contributed by atoms with Crippen LogP contribution in [-0.2, 0) is 38.8 Å². The Labute approximate surface area is 432 Å². The van der Waals surface area contributed by atoms with Crippen molar-refractivity contribution in [2.24, 2.45) is 22.9 Å². The maximum atomic E-state index is 15.2. The average molecular weight is 1010 g/mol. The van der Waals surface area contributed by atoms with E-state index < -0.39 is 23.8 Å². The normalized spacial score (nSPS) is 21.8. The zero-order chi connectivity index (χ0) is 50.4. The number of rotatable bonds is 25. The van der Waals surface area contributed by atoms with Gasteiger partial charge in [0.1, 0.15) is 36.5 Å². The van der Waals surface area contributed by atoms with Crippen molar-refractivity contribution in [3.63, 3.8) is 0 Å². The van der Waals surface area contributed by atoms with Crippen LogP contribution in [0.3, 0.4) is 0 Å². The molecule has 2 heterocycles. The molecule has 9 rings (SSSR count). The first-order valence-corrected chi connectivity index (χ1v) is 26.6. The first-order chi connectivity index (χ1) is 35.9. The molecular weight excluding hydrogens is 945 g/mol. The number of hydrogen-bond donors (Lipinski definition) is 2. The second-order valence-electron chi connectivity index (χ2n) is 18.8. The predicted octanol–water partition coefficient (Wildman–Crippen LogP) is 11.6. The van der Waals surface area contributed by atoms with Gasteiger partial charge < -0.3 is 48.2 Å². The zero-order valence-corrected chi connectivity index (χ0v) is 42.3. The Balaban J connectivity index is 1.19. The topological polar surface area (TPSA) is 147 Å². The van der Waals surface area contributed by atoms with Crippen LogP contribution in [0.1, 0.15) is 73.1 Å². The molecule has 6 atom stereocenters. The molecule has 0 radical (unpaired) electrons. The van der Waals surface area contributed by atoms with Crippen LogP contribution < -0.4 is 18.9 Å². The van der Waals surface area contributed by atoms with E-state index in [0.717, 1.165) is 58.4 Å². The summed E-state index contributed by atoms with van der Waals surface area (Å²) in [4.78, 5) is 24.4. The fourth-order valence-electron chi connectivity index (χ4n) is 10.8. The van der Waals surface area contributed by atoms with Crippen LogP contribution in [-0.4, -0.2) is 84.8 Å². The Hall–Kier alpha value is -6.29. The van der Waals surface area contributed by atoms with Crippen molar-refractivity contribution in [2.75, 3.05) is 46.1 Å². The third kappa shape index (κ3) is 12.2. The molecule has 13 nitrogen and oxygen atoms in total. The molecule has 2 aliphatic carbocycles. The highest BCUT2D eigenvalue weighted by molar-refractivity contribution is 7.98. The van der Waals surface area contributed by atoms with E-state index in [4.69, 9.17) is 43.2 Å². The minimum atomic E-state index is -1.53. The van der Waals surface area contributed by atoms with Gasteiger partial charge in [0, 0.05) is 42.6 Å². The summed E-state index contributed by atoms with van der Waals surface area (Å²) in [6, 6.07) is 38.5. The molecule has 384 valence electrons. The minimum Gasteiger partial charge on any atom is -0.459 e. The van der Waals surface area contributed by atoms with Gasteiger partial charge in [0.25, 0.3) is 0 Å². The van der Waals surface area contributed by atoms with Crippen molar-refractivity contribution in [1.29, 1.82) is 0 Å². The summed E-state index contributed by atoms with van der Waals surface area (Å²) in [5.41, 5.74) is 5.27. The molecule has 4 aliphatic rings. The number of carbonyl (C=O) groups excluding carboxylic acids is 1. The highest BCUT2D eigenvalue weighted by Gasteiger charge is 2.66. The Morgan fingerprint density at radius 1 is 0.808 bits per heavy atom. The first kappa shape index (κ1) is 51.6. The number of benzene rings is 5. The number of oxime groups is 1. The number of aliphatic hydroxyl groups is 2. The Bertz CT molecular complexity index is 2670. The summed E-state index contributed by atoms with van der Waals surface area (Å²) in [5, 5.41) is 25.2. The third-order valence-electron chi connectivity index (χ3n) is 14.2. The van der Waals surface area contributed by atoms with E-state index in [0.29, 0.717) is 53.9 Å². The lowest BCUT2D eigenvalue weighted by molar-refractivity contribution is -0.256. The molecule has 14 heteroatoms. The largest absolute Gasteiger partial charge is 0.459 e. The van der Waals surface area contributed by atoms with E-state index in [2.05, 4.69) is 18.7 Å². The van der Waals surface area contributed by atoms with Crippen LogP contribution in [0.5, 0.6) is 28.7 Å². The molecule has 1 amide bonds. The number of amides is 1. The van der Waals surface area contributed by atoms with Gasteiger partial charge in [-0.15, -0.1) is 18.3 Å². The van der Waals surface area contributed by atoms with Crippen LogP contribution in [0, 0.1) is 17.8 Å². The van der Waals surface area contributed by atoms with Gasteiger partial charge in [-0.2, -0.15) is 0 Å². The molecule has 2 aliphatic heterocycles. The van der Waals surface area contributed by atoms with Crippen molar-refractivity contribution < 1.29 is 53.0 Å². The molecule has 0 bridgehead atoms. The van der Waals surface area contributed by atoms with E-state index in [1.54, 1.807) is 22.7 Å². The van der Waals surface area contributed by atoms with Crippen LogP contribution in [0.2, 0.25) is 0 Å². The molecule has 0 unspecified atom stereocenters. The number of allylic oxidation sites excluding steroid dienone is 1. The summed E-state index contributed by atoms with van der Waals surface area (Å²) in [6.45, 7) is 5.30. The van der Waals surface area contributed by atoms with Gasteiger partial charge in [-0.25, -0.2) is 4.79 Å². The number of nitrogens with zero attached hydrogens (tertiary/aromatic N) is 2. The van der Waals surface area contributed by atoms with Crippen LogP contribution in [0.15, 0.2) is 156 Å². The number of carbonyl (C=O) groups is 1. The lowest BCUT2D eigenvalue weighted by atomic mass is 9.55. The van der Waals surface area contributed by atoms with E-state index >= 15 is 4.79 Å².